The molecule has 0 spiro atoms. The van der Waals surface area contributed by atoms with Gasteiger partial charge in [0, 0.05) is 34.9 Å². The smallest absolute Gasteiger partial charge is 0.364 e. The Bertz CT molecular complexity index is 1400. The van der Waals surface area contributed by atoms with E-state index in [1.54, 1.807) is 18.6 Å². The van der Waals surface area contributed by atoms with Crippen molar-refractivity contribution in [2.24, 2.45) is 0 Å². The fraction of sp³-hybridized carbons (Fsp3) is 0.0455. The number of fused-ring (bicyclic) bond motifs is 1. The lowest BCUT2D eigenvalue weighted by molar-refractivity contribution is -0.137. The van der Waals surface area contributed by atoms with E-state index in [2.05, 4.69) is 20.6 Å². The number of anilines is 1. The molecular weight excluding hydrogens is 423 g/mol. The van der Waals surface area contributed by atoms with E-state index in [1.165, 1.54) is 29.1 Å². The minimum atomic E-state index is -4.39. The number of carbonyl (C=O) groups is 1. The number of hydrogen-bond acceptors (Lipinski definition) is 4. The van der Waals surface area contributed by atoms with E-state index in [0.29, 0.717) is 11.4 Å². The van der Waals surface area contributed by atoms with E-state index in [4.69, 9.17) is 4.52 Å². The molecule has 0 bridgehead atoms. The number of nitrogens with zero attached hydrogens (tertiary/aromatic N) is 3. The van der Waals surface area contributed by atoms with Crippen LogP contribution in [0.25, 0.3) is 27.7 Å². The SMILES string of the molecule is O=C(Nc1c[nH]c2ccc(-c3cnn(-c4ccc(C(F)(F)F)cc4)c3)cc12)c1ccon1. The standard InChI is InChI=1S/C22H14F3N5O2/c23-22(24,25)15-2-4-16(5-3-15)30-12-14(10-27-30)13-1-6-18-17(9-13)20(11-26-18)28-21(31)19-7-8-32-29-19/h1-12,26H,(H,28,31). The van der Waals surface area contributed by atoms with Crippen molar-refractivity contribution >= 4 is 22.5 Å². The molecule has 0 unspecified atom stereocenters. The summed E-state index contributed by atoms with van der Waals surface area (Å²) in [6.07, 6.45) is 1.96. The molecule has 2 N–H and O–H groups in total. The van der Waals surface area contributed by atoms with Gasteiger partial charge in [0.15, 0.2) is 5.69 Å². The highest BCUT2D eigenvalue weighted by Crippen LogP contribution is 2.31. The predicted molar refractivity (Wildman–Crippen MR) is 110 cm³/mol. The average molecular weight is 437 g/mol. The summed E-state index contributed by atoms with van der Waals surface area (Å²) in [5.41, 5.74) is 2.94. The molecule has 7 nitrogen and oxygen atoms in total. The highest BCUT2D eigenvalue weighted by molar-refractivity contribution is 6.08. The van der Waals surface area contributed by atoms with Crippen molar-refractivity contribution in [2.75, 3.05) is 5.32 Å². The highest BCUT2D eigenvalue weighted by atomic mass is 19.4. The molecule has 3 aromatic heterocycles. The molecular formula is C22H14F3N5O2. The second-order valence-electron chi connectivity index (χ2n) is 7.02. The third-order valence-corrected chi connectivity index (χ3v) is 4.98. The number of alkyl halides is 3. The van der Waals surface area contributed by atoms with Crippen LogP contribution in [-0.4, -0.2) is 25.8 Å². The van der Waals surface area contributed by atoms with Gasteiger partial charge in [0.1, 0.15) is 6.26 Å². The van der Waals surface area contributed by atoms with Crippen LogP contribution in [0.3, 0.4) is 0 Å². The van der Waals surface area contributed by atoms with Crippen molar-refractivity contribution in [3.05, 3.63) is 84.6 Å². The molecule has 5 rings (SSSR count). The molecule has 10 heteroatoms. The number of benzene rings is 2. The van der Waals surface area contributed by atoms with Crippen LogP contribution in [0.1, 0.15) is 16.1 Å². The first-order chi connectivity index (χ1) is 15.4. The Morgan fingerprint density at radius 3 is 2.59 bits per heavy atom. The number of aromatic nitrogens is 4. The second-order valence-corrected chi connectivity index (χ2v) is 7.02. The van der Waals surface area contributed by atoms with Gasteiger partial charge in [-0.05, 0) is 42.0 Å². The number of nitrogens with one attached hydrogen (secondary N) is 2. The van der Waals surface area contributed by atoms with Crippen LogP contribution < -0.4 is 5.32 Å². The van der Waals surface area contributed by atoms with Crippen LogP contribution in [0.15, 0.2) is 77.9 Å². The summed E-state index contributed by atoms with van der Waals surface area (Å²) in [6.45, 7) is 0. The Morgan fingerprint density at radius 1 is 1.06 bits per heavy atom. The van der Waals surface area contributed by atoms with Gasteiger partial charge in [-0.1, -0.05) is 11.2 Å². The zero-order chi connectivity index (χ0) is 22.3. The molecule has 32 heavy (non-hydrogen) atoms. The van der Waals surface area contributed by atoms with Gasteiger partial charge in [-0.25, -0.2) is 4.68 Å². The minimum Gasteiger partial charge on any atom is -0.364 e. The Kier molecular flexibility index (Phi) is 4.54. The van der Waals surface area contributed by atoms with Gasteiger partial charge in [-0.15, -0.1) is 0 Å². The van der Waals surface area contributed by atoms with E-state index in [0.717, 1.165) is 34.2 Å². The summed E-state index contributed by atoms with van der Waals surface area (Å²) >= 11 is 0. The summed E-state index contributed by atoms with van der Waals surface area (Å²) in [4.78, 5) is 15.4. The molecule has 5 aromatic rings. The molecule has 0 atom stereocenters. The molecule has 0 fully saturated rings. The lowest BCUT2D eigenvalue weighted by Crippen LogP contribution is -2.11. The lowest BCUT2D eigenvalue weighted by atomic mass is 10.1. The monoisotopic (exact) mass is 437 g/mol. The number of H-pyrrole nitrogens is 1. The molecule has 3 heterocycles. The van der Waals surface area contributed by atoms with Gasteiger partial charge in [-0.2, -0.15) is 18.3 Å². The van der Waals surface area contributed by atoms with E-state index in [1.807, 2.05) is 18.2 Å². The summed E-state index contributed by atoms with van der Waals surface area (Å²) in [7, 11) is 0. The van der Waals surface area contributed by atoms with Crippen molar-refractivity contribution in [3.63, 3.8) is 0 Å². The third-order valence-electron chi connectivity index (χ3n) is 4.98. The Labute approximate surface area is 178 Å². The van der Waals surface area contributed by atoms with E-state index in [-0.39, 0.29) is 5.69 Å². The molecule has 0 aliphatic heterocycles. The van der Waals surface area contributed by atoms with Gasteiger partial charge in [0.2, 0.25) is 0 Å². The van der Waals surface area contributed by atoms with Crippen LogP contribution in [0, 0.1) is 0 Å². The van der Waals surface area contributed by atoms with Crippen molar-refractivity contribution in [2.45, 2.75) is 6.18 Å². The third kappa shape index (κ3) is 3.62. The zero-order valence-corrected chi connectivity index (χ0v) is 16.2. The number of amides is 1. The minimum absolute atomic E-state index is 0.160. The van der Waals surface area contributed by atoms with E-state index < -0.39 is 17.6 Å². The molecule has 1 amide bonds. The van der Waals surface area contributed by atoms with E-state index in [9.17, 15) is 18.0 Å². The molecule has 0 radical (unpaired) electrons. The summed E-state index contributed by atoms with van der Waals surface area (Å²) < 4.78 is 44.5. The topological polar surface area (TPSA) is 88.7 Å². The molecule has 0 saturated carbocycles. The van der Waals surface area contributed by atoms with Gasteiger partial charge < -0.3 is 14.8 Å². The quantitative estimate of drug-likeness (QED) is 0.400. The van der Waals surface area contributed by atoms with E-state index >= 15 is 0 Å². The molecule has 0 aliphatic carbocycles. The van der Waals surface area contributed by atoms with Gasteiger partial charge in [-0.3, -0.25) is 4.79 Å². The Hall–Kier alpha value is -4.34. The molecule has 0 saturated heterocycles. The highest BCUT2D eigenvalue weighted by Gasteiger charge is 2.30. The molecule has 2 aromatic carbocycles. The summed E-state index contributed by atoms with van der Waals surface area (Å²) in [5, 5.41) is 11.5. The van der Waals surface area contributed by atoms with Crippen LogP contribution >= 0.6 is 0 Å². The van der Waals surface area contributed by atoms with Gasteiger partial charge >= 0.3 is 6.18 Å². The summed E-state index contributed by atoms with van der Waals surface area (Å²) in [5.74, 6) is -0.403. The maximum absolute atomic E-state index is 12.8. The number of hydrogen-bond donors (Lipinski definition) is 2. The van der Waals surface area contributed by atoms with Crippen LogP contribution in [0.4, 0.5) is 18.9 Å². The lowest BCUT2D eigenvalue weighted by Gasteiger charge is -2.07. The van der Waals surface area contributed by atoms with Crippen LogP contribution in [0.5, 0.6) is 0 Å². The first-order valence-corrected chi connectivity index (χ1v) is 9.44. The predicted octanol–water partition coefficient (Wildman–Crippen LogP) is 5.28. The van der Waals surface area contributed by atoms with Crippen molar-refractivity contribution in [1.29, 1.82) is 0 Å². The largest absolute Gasteiger partial charge is 0.416 e. The van der Waals surface area contributed by atoms with Gasteiger partial charge in [0.05, 0.1) is 23.1 Å². The van der Waals surface area contributed by atoms with Crippen molar-refractivity contribution in [1.82, 2.24) is 19.9 Å². The van der Waals surface area contributed by atoms with Crippen molar-refractivity contribution < 1.29 is 22.5 Å². The zero-order valence-electron chi connectivity index (χ0n) is 16.2. The molecule has 0 aliphatic rings. The molecule has 160 valence electrons. The summed E-state index contributed by atoms with van der Waals surface area (Å²) in [6, 6.07) is 11.9. The first-order valence-electron chi connectivity index (χ1n) is 9.44. The first kappa shape index (κ1) is 19.6. The Morgan fingerprint density at radius 2 is 1.88 bits per heavy atom. The maximum Gasteiger partial charge on any atom is 0.416 e. The Balaban J connectivity index is 1.43. The average Bonchev–Trinajstić information content (AvgIpc) is 3.54. The van der Waals surface area contributed by atoms with Gasteiger partial charge in [0.25, 0.3) is 5.91 Å². The number of rotatable bonds is 4. The second kappa shape index (κ2) is 7.41. The number of halogens is 3. The fourth-order valence-electron chi connectivity index (χ4n) is 3.34. The van der Waals surface area contributed by atoms with Crippen molar-refractivity contribution in [3.8, 4) is 16.8 Å². The normalized spacial score (nSPS) is 11.7. The van der Waals surface area contributed by atoms with Crippen LogP contribution in [0.2, 0.25) is 0 Å². The fourth-order valence-corrected chi connectivity index (χ4v) is 3.34. The maximum atomic E-state index is 12.8. The number of aromatic amines is 1. The van der Waals surface area contributed by atoms with Crippen LogP contribution in [-0.2, 0) is 6.18 Å². The number of carbonyl (C=O) groups excluding carboxylic acids is 1.